The van der Waals surface area contributed by atoms with Crippen LogP contribution < -0.4 is 5.32 Å². The van der Waals surface area contributed by atoms with Crippen LogP contribution in [0.15, 0.2) is 29.8 Å². The smallest absolute Gasteiger partial charge is 0.266 e. The maximum absolute atomic E-state index is 12.6. The van der Waals surface area contributed by atoms with Crippen molar-refractivity contribution < 1.29 is 4.79 Å². The van der Waals surface area contributed by atoms with E-state index in [4.69, 9.17) is 0 Å². The Hall–Kier alpha value is -2.89. The molecule has 1 aromatic carbocycles. The molecule has 0 unspecified atom stereocenters. The summed E-state index contributed by atoms with van der Waals surface area (Å²) < 4.78 is 0. The number of rotatable bonds is 4. The summed E-state index contributed by atoms with van der Waals surface area (Å²) in [6.07, 6.45) is 5.60. The summed E-state index contributed by atoms with van der Waals surface area (Å²) in [5.74, 6) is -0.0448. The molecule has 0 atom stereocenters. The molecule has 0 spiro atoms. The lowest BCUT2D eigenvalue weighted by Crippen LogP contribution is -2.13. The minimum absolute atomic E-state index is 0.0301. The Labute approximate surface area is 163 Å². The Morgan fingerprint density at radius 2 is 1.89 bits per heavy atom. The maximum Gasteiger partial charge on any atom is 0.266 e. The third-order valence-electron chi connectivity index (χ3n) is 4.79. The highest BCUT2D eigenvalue weighted by atomic mass is 32.1. The van der Waals surface area contributed by atoms with Crippen molar-refractivity contribution in [3.05, 3.63) is 57.0 Å². The van der Waals surface area contributed by atoms with Crippen LogP contribution in [0.4, 0.5) is 5.00 Å². The lowest BCUT2D eigenvalue weighted by molar-refractivity contribution is -0.112. The van der Waals surface area contributed by atoms with Crippen LogP contribution in [-0.2, 0) is 17.6 Å². The summed E-state index contributed by atoms with van der Waals surface area (Å²) in [6, 6.07) is 12.0. The van der Waals surface area contributed by atoms with E-state index in [0.717, 1.165) is 36.8 Å². The molecular weight excluding hydrogens is 354 g/mol. The van der Waals surface area contributed by atoms with Crippen molar-refractivity contribution in [2.24, 2.45) is 0 Å². The van der Waals surface area contributed by atoms with E-state index in [1.807, 2.05) is 30.3 Å². The molecule has 0 saturated heterocycles. The molecule has 27 heavy (non-hydrogen) atoms. The molecule has 0 fully saturated rings. The molecule has 0 aliphatic heterocycles. The number of hydrogen-bond donors (Lipinski definition) is 1. The first kappa shape index (κ1) is 18.9. The molecule has 1 N–H and O–H groups in total. The highest BCUT2D eigenvalue weighted by molar-refractivity contribution is 7.16. The number of aryl methyl sites for hydroxylation is 1. The van der Waals surface area contributed by atoms with Crippen molar-refractivity contribution in [1.82, 2.24) is 0 Å². The number of thiophene rings is 1. The molecule has 1 aliphatic rings. The number of amides is 1. The van der Waals surface area contributed by atoms with Gasteiger partial charge in [0.1, 0.15) is 22.7 Å². The van der Waals surface area contributed by atoms with Gasteiger partial charge in [0.05, 0.1) is 5.56 Å². The number of nitrogens with zero attached hydrogens (tertiary/aromatic N) is 2. The largest absolute Gasteiger partial charge is 0.312 e. The zero-order chi connectivity index (χ0) is 19.4. The SMILES string of the molecule is CC(C)c1ccc(C=C(C#N)C(=O)Nc2sc3c(c2C#N)CCCC3)cc1. The Balaban J connectivity index is 1.83. The van der Waals surface area contributed by atoms with Crippen LogP contribution in [0.3, 0.4) is 0 Å². The molecule has 1 aliphatic carbocycles. The van der Waals surface area contributed by atoms with Gasteiger partial charge in [0.25, 0.3) is 5.91 Å². The van der Waals surface area contributed by atoms with Crippen molar-refractivity contribution in [3.63, 3.8) is 0 Å². The number of carbonyl (C=O) groups excluding carboxylic acids is 1. The molecule has 2 aromatic rings. The average molecular weight is 375 g/mol. The lowest BCUT2D eigenvalue weighted by atomic mass is 9.96. The number of fused-ring (bicyclic) bond motifs is 1. The van der Waals surface area contributed by atoms with E-state index in [2.05, 4.69) is 25.2 Å². The normalized spacial score (nSPS) is 13.6. The number of nitrogens with one attached hydrogen (secondary N) is 1. The van der Waals surface area contributed by atoms with E-state index in [9.17, 15) is 15.3 Å². The van der Waals surface area contributed by atoms with Gasteiger partial charge in [-0.1, -0.05) is 38.1 Å². The minimum Gasteiger partial charge on any atom is -0.312 e. The Bertz CT molecular complexity index is 969. The predicted octanol–water partition coefficient (Wildman–Crippen LogP) is 5.17. The second-order valence-corrected chi connectivity index (χ2v) is 8.08. The van der Waals surface area contributed by atoms with E-state index in [1.54, 1.807) is 6.08 Å². The van der Waals surface area contributed by atoms with E-state index < -0.39 is 5.91 Å². The van der Waals surface area contributed by atoms with Gasteiger partial charge in [-0.3, -0.25) is 4.79 Å². The summed E-state index contributed by atoms with van der Waals surface area (Å²) in [7, 11) is 0. The summed E-state index contributed by atoms with van der Waals surface area (Å²) in [4.78, 5) is 13.8. The standard InChI is InChI=1S/C22H21N3OS/c1-14(2)16-9-7-15(8-10-16)11-17(12-23)21(26)25-22-19(13-24)18-5-3-4-6-20(18)27-22/h7-11,14H,3-6H2,1-2H3,(H,25,26). The van der Waals surface area contributed by atoms with Crippen LogP contribution in [-0.4, -0.2) is 5.91 Å². The Morgan fingerprint density at radius 1 is 1.19 bits per heavy atom. The van der Waals surface area contributed by atoms with Gasteiger partial charge in [-0.05, 0) is 54.4 Å². The topological polar surface area (TPSA) is 76.7 Å². The summed E-state index contributed by atoms with van der Waals surface area (Å²) in [5, 5.41) is 22.3. The van der Waals surface area contributed by atoms with Gasteiger partial charge in [-0.15, -0.1) is 11.3 Å². The molecule has 3 rings (SSSR count). The third-order valence-corrected chi connectivity index (χ3v) is 6.00. The fourth-order valence-corrected chi connectivity index (χ4v) is 4.47. The molecule has 1 aromatic heterocycles. The first-order valence-corrected chi connectivity index (χ1v) is 9.93. The molecule has 136 valence electrons. The van der Waals surface area contributed by atoms with E-state index in [-0.39, 0.29) is 5.57 Å². The van der Waals surface area contributed by atoms with Crippen LogP contribution in [0.1, 0.15) is 59.7 Å². The molecule has 0 radical (unpaired) electrons. The van der Waals surface area contributed by atoms with Crippen LogP contribution in [0.2, 0.25) is 0 Å². The maximum atomic E-state index is 12.6. The number of nitriles is 2. The fraction of sp³-hybridized carbons (Fsp3) is 0.318. The van der Waals surface area contributed by atoms with Gasteiger partial charge in [0, 0.05) is 4.88 Å². The van der Waals surface area contributed by atoms with Crippen molar-refractivity contribution in [3.8, 4) is 12.1 Å². The highest BCUT2D eigenvalue weighted by Gasteiger charge is 2.22. The molecular formula is C22H21N3OS. The molecule has 5 heteroatoms. The number of benzene rings is 1. The average Bonchev–Trinajstić information content (AvgIpc) is 3.03. The second kappa shape index (κ2) is 8.20. The quantitative estimate of drug-likeness (QED) is 0.592. The first-order valence-electron chi connectivity index (χ1n) is 9.11. The summed E-state index contributed by atoms with van der Waals surface area (Å²) >= 11 is 1.46. The van der Waals surface area contributed by atoms with Crippen molar-refractivity contribution in [2.45, 2.75) is 45.4 Å². The molecule has 1 heterocycles. The third kappa shape index (κ3) is 4.10. The van der Waals surface area contributed by atoms with Gasteiger partial charge in [-0.2, -0.15) is 10.5 Å². The van der Waals surface area contributed by atoms with E-state index in [0.29, 0.717) is 16.5 Å². The van der Waals surface area contributed by atoms with E-state index in [1.165, 1.54) is 21.8 Å². The Kier molecular flexibility index (Phi) is 5.74. The first-order chi connectivity index (χ1) is 13.0. The zero-order valence-electron chi connectivity index (χ0n) is 15.5. The molecule has 0 saturated carbocycles. The second-order valence-electron chi connectivity index (χ2n) is 6.97. The van der Waals surface area contributed by atoms with Crippen LogP contribution in [0.5, 0.6) is 0 Å². The van der Waals surface area contributed by atoms with Gasteiger partial charge in [-0.25, -0.2) is 0 Å². The minimum atomic E-state index is -0.472. The number of hydrogen-bond acceptors (Lipinski definition) is 4. The molecule has 4 nitrogen and oxygen atoms in total. The predicted molar refractivity (Wildman–Crippen MR) is 108 cm³/mol. The van der Waals surface area contributed by atoms with Gasteiger partial charge >= 0.3 is 0 Å². The van der Waals surface area contributed by atoms with Crippen LogP contribution in [0, 0.1) is 22.7 Å². The molecule has 0 bridgehead atoms. The van der Waals surface area contributed by atoms with Crippen molar-refractivity contribution >= 4 is 28.3 Å². The number of anilines is 1. The van der Waals surface area contributed by atoms with E-state index >= 15 is 0 Å². The summed E-state index contributed by atoms with van der Waals surface area (Å²) in [5.41, 5.74) is 3.66. The highest BCUT2D eigenvalue weighted by Crippen LogP contribution is 2.37. The van der Waals surface area contributed by atoms with Gasteiger partial charge in [0.2, 0.25) is 0 Å². The monoisotopic (exact) mass is 375 g/mol. The lowest BCUT2D eigenvalue weighted by Gasteiger charge is -2.09. The molecule has 1 amide bonds. The Morgan fingerprint density at radius 3 is 2.52 bits per heavy atom. The number of carbonyl (C=O) groups is 1. The van der Waals surface area contributed by atoms with Crippen LogP contribution in [0.25, 0.3) is 6.08 Å². The van der Waals surface area contributed by atoms with Crippen molar-refractivity contribution in [1.29, 1.82) is 10.5 Å². The zero-order valence-corrected chi connectivity index (χ0v) is 16.3. The van der Waals surface area contributed by atoms with Crippen molar-refractivity contribution in [2.75, 3.05) is 5.32 Å². The summed E-state index contributed by atoms with van der Waals surface area (Å²) in [6.45, 7) is 4.23. The van der Waals surface area contributed by atoms with Gasteiger partial charge in [0.15, 0.2) is 0 Å². The fourth-order valence-electron chi connectivity index (χ4n) is 3.24. The van der Waals surface area contributed by atoms with Gasteiger partial charge < -0.3 is 5.32 Å². The van der Waals surface area contributed by atoms with Crippen LogP contribution >= 0.6 is 11.3 Å².